The van der Waals surface area contributed by atoms with Gasteiger partial charge in [0, 0.05) is 18.5 Å². The number of nitrogen functional groups attached to an aromatic ring is 1. The fourth-order valence-electron chi connectivity index (χ4n) is 4.22. The minimum Gasteiger partial charge on any atom is -0.508 e. The van der Waals surface area contributed by atoms with E-state index in [4.69, 9.17) is 16.9 Å². The molecule has 0 aliphatic heterocycles. The largest absolute Gasteiger partial charge is 0.508 e. The Balaban J connectivity index is 0.00000420. The molecule has 0 heterocycles. The van der Waals surface area contributed by atoms with Crippen LogP contribution in [0.2, 0.25) is 0 Å². The van der Waals surface area contributed by atoms with Crippen molar-refractivity contribution in [3.63, 3.8) is 0 Å². The number of benzene rings is 4. The van der Waals surface area contributed by atoms with Crippen LogP contribution >= 0.6 is 12.4 Å². The number of hydrogen-bond acceptors (Lipinski definition) is 4. The summed E-state index contributed by atoms with van der Waals surface area (Å²) < 4.78 is 0. The summed E-state index contributed by atoms with van der Waals surface area (Å²) in [5.41, 5.74) is 14.8. The van der Waals surface area contributed by atoms with Crippen LogP contribution in [0.4, 0.5) is 16.2 Å². The Morgan fingerprint density at radius 2 is 1.33 bits per heavy atom. The Kier molecular flexibility index (Phi) is 9.67. The van der Waals surface area contributed by atoms with Crippen molar-refractivity contribution in [2.75, 3.05) is 4.90 Å². The molecule has 1 atom stereocenters. The second-order valence-corrected chi connectivity index (χ2v) is 8.82. The molecule has 0 fully saturated rings. The van der Waals surface area contributed by atoms with Crippen LogP contribution in [-0.4, -0.2) is 33.8 Å². The van der Waals surface area contributed by atoms with Gasteiger partial charge in [0.25, 0.3) is 0 Å². The standard InChI is InChI=1S/C30H29N5O3.ClH/c31-28(32)23-9-7-8-22(18-23)19-27(29(33)37)34(20-21-14-16-26(36)17-15-21)30(38)35(24-10-3-1-4-11-24)25-12-5-2-6-13-25;/h1-18,27,36H,19-20H2,(H3,31,32)(H2,33,37);1H/t27-;/m1./s1. The highest BCUT2D eigenvalue weighted by Gasteiger charge is 2.33. The maximum absolute atomic E-state index is 14.4. The minimum absolute atomic E-state index is 0. The average Bonchev–Trinajstić information content (AvgIpc) is 2.93. The molecule has 8 nitrogen and oxygen atoms in total. The molecule has 4 rings (SSSR count). The van der Waals surface area contributed by atoms with Crippen LogP contribution in [0, 0.1) is 5.41 Å². The lowest BCUT2D eigenvalue weighted by molar-refractivity contribution is -0.122. The normalized spacial score (nSPS) is 11.1. The molecule has 0 saturated carbocycles. The zero-order valence-corrected chi connectivity index (χ0v) is 21.9. The summed E-state index contributed by atoms with van der Waals surface area (Å²) in [6.07, 6.45) is 0.123. The summed E-state index contributed by atoms with van der Waals surface area (Å²) in [5, 5.41) is 17.5. The van der Waals surface area contributed by atoms with Gasteiger partial charge in [0.1, 0.15) is 17.6 Å². The number of halogens is 1. The Hall–Kier alpha value is -4.82. The molecular formula is C30H30ClN5O3. The summed E-state index contributed by atoms with van der Waals surface area (Å²) in [7, 11) is 0. The zero-order valence-electron chi connectivity index (χ0n) is 21.1. The molecule has 3 amide bonds. The molecule has 0 aliphatic carbocycles. The van der Waals surface area contributed by atoms with Gasteiger partial charge in [0.2, 0.25) is 5.91 Å². The minimum atomic E-state index is -1.02. The van der Waals surface area contributed by atoms with Crippen molar-refractivity contribution in [3.05, 3.63) is 126 Å². The Morgan fingerprint density at radius 3 is 1.85 bits per heavy atom. The number of amides is 3. The molecule has 0 aliphatic rings. The first kappa shape index (κ1) is 28.7. The molecule has 0 spiro atoms. The van der Waals surface area contributed by atoms with Gasteiger partial charge in [0.05, 0.1) is 11.4 Å². The van der Waals surface area contributed by atoms with Gasteiger partial charge in [-0.05, 0) is 53.6 Å². The van der Waals surface area contributed by atoms with Crippen molar-refractivity contribution in [1.82, 2.24) is 4.90 Å². The number of nitrogens with zero attached hydrogens (tertiary/aromatic N) is 2. The molecule has 0 radical (unpaired) electrons. The van der Waals surface area contributed by atoms with E-state index in [0.717, 1.165) is 0 Å². The van der Waals surface area contributed by atoms with Crippen molar-refractivity contribution in [1.29, 1.82) is 5.41 Å². The number of anilines is 2. The summed E-state index contributed by atoms with van der Waals surface area (Å²) in [4.78, 5) is 30.3. The molecule has 9 heteroatoms. The Labute approximate surface area is 233 Å². The third-order valence-electron chi connectivity index (χ3n) is 6.13. The van der Waals surface area contributed by atoms with Crippen LogP contribution in [0.15, 0.2) is 109 Å². The van der Waals surface area contributed by atoms with Gasteiger partial charge in [-0.1, -0.05) is 66.7 Å². The van der Waals surface area contributed by atoms with E-state index in [9.17, 15) is 14.7 Å². The number of hydrogen-bond donors (Lipinski definition) is 4. The zero-order chi connectivity index (χ0) is 27.1. The van der Waals surface area contributed by atoms with E-state index in [0.29, 0.717) is 28.1 Å². The van der Waals surface area contributed by atoms with Gasteiger partial charge < -0.3 is 21.5 Å². The van der Waals surface area contributed by atoms with E-state index in [1.807, 2.05) is 60.7 Å². The van der Waals surface area contributed by atoms with Crippen LogP contribution in [0.1, 0.15) is 16.7 Å². The highest BCUT2D eigenvalue weighted by atomic mass is 35.5. The number of aromatic hydroxyl groups is 1. The van der Waals surface area contributed by atoms with Crippen LogP contribution in [0.25, 0.3) is 0 Å². The van der Waals surface area contributed by atoms with E-state index >= 15 is 0 Å². The highest BCUT2D eigenvalue weighted by molar-refractivity contribution is 6.01. The average molecular weight is 544 g/mol. The SMILES string of the molecule is Cl.N=C(N)c1cccc(C[C@H](C(N)=O)N(Cc2ccc(O)cc2)C(=O)N(c2ccccc2)c2ccccc2)c1. The lowest BCUT2D eigenvalue weighted by Gasteiger charge is -2.35. The van der Waals surface area contributed by atoms with Gasteiger partial charge >= 0.3 is 6.03 Å². The lowest BCUT2D eigenvalue weighted by atomic mass is 10.0. The number of phenolic OH excluding ortho intramolecular Hbond substituents is 1. The topological polar surface area (TPSA) is 137 Å². The number of nitrogens with one attached hydrogen (secondary N) is 1. The summed E-state index contributed by atoms with van der Waals surface area (Å²) in [5.74, 6) is -0.681. The van der Waals surface area contributed by atoms with E-state index < -0.39 is 18.0 Å². The van der Waals surface area contributed by atoms with Crippen LogP contribution < -0.4 is 16.4 Å². The molecule has 0 bridgehead atoms. The smallest absolute Gasteiger partial charge is 0.330 e. The number of amidine groups is 1. The van der Waals surface area contributed by atoms with Crippen molar-refractivity contribution < 1.29 is 14.7 Å². The first-order valence-corrected chi connectivity index (χ1v) is 12.0. The molecule has 200 valence electrons. The summed E-state index contributed by atoms with van der Waals surface area (Å²) >= 11 is 0. The van der Waals surface area contributed by atoms with E-state index in [1.54, 1.807) is 41.3 Å². The molecule has 0 unspecified atom stereocenters. The monoisotopic (exact) mass is 543 g/mol. The lowest BCUT2D eigenvalue weighted by Crippen LogP contribution is -2.52. The van der Waals surface area contributed by atoms with Crippen LogP contribution in [0.3, 0.4) is 0 Å². The van der Waals surface area contributed by atoms with Gasteiger partial charge in [-0.15, -0.1) is 12.4 Å². The number of carbonyl (C=O) groups excluding carboxylic acids is 2. The van der Waals surface area contributed by atoms with Crippen molar-refractivity contribution in [2.45, 2.75) is 19.0 Å². The van der Waals surface area contributed by atoms with Crippen LogP contribution in [0.5, 0.6) is 5.75 Å². The highest BCUT2D eigenvalue weighted by Crippen LogP contribution is 2.29. The summed E-state index contributed by atoms with van der Waals surface area (Å²) in [6.45, 7) is 0.0648. The number of para-hydroxylation sites is 2. The van der Waals surface area contributed by atoms with Gasteiger partial charge in [-0.25, -0.2) is 4.79 Å². The second-order valence-electron chi connectivity index (χ2n) is 8.82. The third-order valence-corrected chi connectivity index (χ3v) is 6.13. The van der Waals surface area contributed by atoms with Gasteiger partial charge in [-0.3, -0.25) is 15.1 Å². The predicted octanol–water partition coefficient (Wildman–Crippen LogP) is 4.95. The number of urea groups is 1. The maximum atomic E-state index is 14.4. The fraction of sp³-hybridized carbons (Fsp3) is 0.100. The number of carbonyl (C=O) groups is 2. The molecule has 6 N–H and O–H groups in total. The predicted molar refractivity (Wildman–Crippen MR) is 155 cm³/mol. The molecule has 0 saturated heterocycles. The fourth-order valence-corrected chi connectivity index (χ4v) is 4.22. The van der Waals surface area contributed by atoms with E-state index in [1.165, 1.54) is 17.0 Å². The number of rotatable bonds is 9. The number of primary amides is 1. The third kappa shape index (κ3) is 7.15. The molecule has 4 aromatic rings. The molecule has 4 aromatic carbocycles. The quantitative estimate of drug-likeness (QED) is 0.175. The Morgan fingerprint density at radius 1 is 0.769 bits per heavy atom. The molecular weight excluding hydrogens is 514 g/mol. The second kappa shape index (κ2) is 13.1. The number of nitrogens with two attached hydrogens (primary N) is 2. The van der Waals surface area contributed by atoms with Crippen molar-refractivity contribution in [2.24, 2.45) is 11.5 Å². The van der Waals surface area contributed by atoms with Gasteiger partial charge in [-0.2, -0.15) is 0 Å². The van der Waals surface area contributed by atoms with E-state index in [2.05, 4.69) is 0 Å². The summed E-state index contributed by atoms with van der Waals surface area (Å²) in [6, 6.07) is 30.3. The van der Waals surface area contributed by atoms with Crippen molar-refractivity contribution in [3.8, 4) is 5.75 Å². The Bertz CT molecular complexity index is 1380. The first-order chi connectivity index (χ1) is 18.3. The number of phenols is 1. The van der Waals surface area contributed by atoms with Crippen LogP contribution in [-0.2, 0) is 17.8 Å². The van der Waals surface area contributed by atoms with Crippen molar-refractivity contribution >= 4 is 41.6 Å². The van der Waals surface area contributed by atoms with E-state index in [-0.39, 0.29) is 37.0 Å². The van der Waals surface area contributed by atoms with Gasteiger partial charge in [0.15, 0.2) is 0 Å². The maximum Gasteiger partial charge on any atom is 0.330 e. The molecule has 39 heavy (non-hydrogen) atoms. The first-order valence-electron chi connectivity index (χ1n) is 12.0. The molecule has 0 aromatic heterocycles.